The van der Waals surface area contributed by atoms with Crippen LogP contribution in [0.1, 0.15) is 44.7 Å². The summed E-state index contributed by atoms with van der Waals surface area (Å²) in [6.45, 7) is 11.3. The Kier molecular flexibility index (Phi) is 8.56. The Labute approximate surface area is 125 Å². The van der Waals surface area contributed by atoms with Crippen molar-refractivity contribution < 1.29 is 0 Å². The Balaban J connectivity index is 2.47. The number of hydrogen-bond donors (Lipinski definition) is 1. The standard InChI is InChI=1S/C18H32N2/c1-5-12-19-13-10-17-8-6-7-9-18(17)15-20(4)14-11-16(2)3/h6-9,16,19H,5,10-15H2,1-4H3. The van der Waals surface area contributed by atoms with Gasteiger partial charge in [-0.2, -0.15) is 0 Å². The van der Waals surface area contributed by atoms with E-state index in [4.69, 9.17) is 0 Å². The van der Waals surface area contributed by atoms with Gasteiger partial charge in [-0.1, -0.05) is 45.0 Å². The lowest BCUT2D eigenvalue weighted by atomic mass is 10.0. The van der Waals surface area contributed by atoms with Gasteiger partial charge in [-0.25, -0.2) is 0 Å². The first-order valence-corrected chi connectivity index (χ1v) is 8.09. The largest absolute Gasteiger partial charge is 0.316 e. The third kappa shape index (κ3) is 7.06. The molecule has 0 saturated heterocycles. The maximum atomic E-state index is 3.49. The van der Waals surface area contributed by atoms with Crippen LogP contribution in [0.15, 0.2) is 24.3 Å². The van der Waals surface area contributed by atoms with Gasteiger partial charge in [0.15, 0.2) is 0 Å². The second kappa shape index (κ2) is 9.95. The Morgan fingerprint density at radius 1 is 1.10 bits per heavy atom. The monoisotopic (exact) mass is 276 g/mol. The number of rotatable bonds is 10. The van der Waals surface area contributed by atoms with Crippen LogP contribution in [0.5, 0.6) is 0 Å². The van der Waals surface area contributed by atoms with E-state index >= 15 is 0 Å². The van der Waals surface area contributed by atoms with Gasteiger partial charge in [0.05, 0.1) is 0 Å². The van der Waals surface area contributed by atoms with Crippen LogP contribution >= 0.6 is 0 Å². The summed E-state index contributed by atoms with van der Waals surface area (Å²) in [4.78, 5) is 2.44. The van der Waals surface area contributed by atoms with E-state index in [1.807, 2.05) is 0 Å². The first kappa shape index (κ1) is 17.2. The molecule has 1 aromatic carbocycles. The van der Waals surface area contributed by atoms with Gasteiger partial charge in [0, 0.05) is 6.54 Å². The normalized spacial score (nSPS) is 11.5. The molecule has 1 rings (SSSR count). The zero-order valence-corrected chi connectivity index (χ0v) is 13.8. The molecule has 0 radical (unpaired) electrons. The minimum atomic E-state index is 0.783. The molecule has 0 fully saturated rings. The molecule has 0 atom stereocenters. The number of hydrogen-bond acceptors (Lipinski definition) is 2. The summed E-state index contributed by atoms with van der Waals surface area (Å²) in [6, 6.07) is 8.88. The minimum absolute atomic E-state index is 0.783. The smallest absolute Gasteiger partial charge is 0.0233 e. The van der Waals surface area contributed by atoms with Crippen molar-refractivity contribution in [3.8, 4) is 0 Å². The van der Waals surface area contributed by atoms with Crippen LogP contribution in [0.2, 0.25) is 0 Å². The van der Waals surface area contributed by atoms with Crippen LogP contribution < -0.4 is 5.32 Å². The zero-order chi connectivity index (χ0) is 14.8. The highest BCUT2D eigenvalue weighted by molar-refractivity contribution is 5.27. The van der Waals surface area contributed by atoms with Crippen molar-refractivity contribution in [3.05, 3.63) is 35.4 Å². The lowest BCUT2D eigenvalue weighted by Crippen LogP contribution is -2.22. The molecule has 2 nitrogen and oxygen atoms in total. The molecule has 0 aliphatic carbocycles. The van der Waals surface area contributed by atoms with Gasteiger partial charge in [-0.05, 0) is 63.0 Å². The van der Waals surface area contributed by atoms with E-state index in [-0.39, 0.29) is 0 Å². The minimum Gasteiger partial charge on any atom is -0.316 e. The van der Waals surface area contributed by atoms with E-state index in [1.165, 1.54) is 30.5 Å². The average molecular weight is 276 g/mol. The van der Waals surface area contributed by atoms with Crippen LogP contribution in [-0.4, -0.2) is 31.6 Å². The maximum absolute atomic E-state index is 3.49. The predicted molar refractivity (Wildman–Crippen MR) is 89.1 cm³/mol. The molecule has 0 heterocycles. The summed E-state index contributed by atoms with van der Waals surface area (Å²) in [5.74, 6) is 0.783. The lowest BCUT2D eigenvalue weighted by Gasteiger charge is -2.20. The number of benzene rings is 1. The van der Waals surface area contributed by atoms with Crippen LogP contribution in [0.3, 0.4) is 0 Å². The van der Waals surface area contributed by atoms with Gasteiger partial charge in [-0.15, -0.1) is 0 Å². The van der Waals surface area contributed by atoms with Gasteiger partial charge in [0.1, 0.15) is 0 Å². The Hall–Kier alpha value is -0.860. The summed E-state index contributed by atoms with van der Waals surface area (Å²) in [6.07, 6.45) is 3.62. The number of nitrogens with one attached hydrogen (secondary N) is 1. The lowest BCUT2D eigenvalue weighted by molar-refractivity contribution is 0.302. The van der Waals surface area contributed by atoms with Crippen molar-refractivity contribution in [1.82, 2.24) is 10.2 Å². The van der Waals surface area contributed by atoms with E-state index in [1.54, 1.807) is 0 Å². The maximum Gasteiger partial charge on any atom is 0.0233 e. The van der Waals surface area contributed by atoms with E-state index in [0.29, 0.717) is 0 Å². The first-order chi connectivity index (χ1) is 9.63. The third-order valence-electron chi connectivity index (χ3n) is 3.64. The zero-order valence-electron chi connectivity index (χ0n) is 13.8. The molecule has 0 amide bonds. The van der Waals surface area contributed by atoms with Crippen molar-refractivity contribution in [1.29, 1.82) is 0 Å². The van der Waals surface area contributed by atoms with Crippen molar-refractivity contribution in [2.45, 2.75) is 46.6 Å². The average Bonchev–Trinajstić information content (AvgIpc) is 2.43. The second-order valence-corrected chi connectivity index (χ2v) is 6.19. The molecule has 1 aromatic rings. The molecule has 0 aliphatic heterocycles. The highest BCUT2D eigenvalue weighted by Gasteiger charge is 2.06. The molecular weight excluding hydrogens is 244 g/mol. The Morgan fingerprint density at radius 2 is 1.80 bits per heavy atom. The van der Waals surface area contributed by atoms with E-state index < -0.39 is 0 Å². The van der Waals surface area contributed by atoms with E-state index in [9.17, 15) is 0 Å². The van der Waals surface area contributed by atoms with Crippen LogP contribution in [0.25, 0.3) is 0 Å². The third-order valence-corrected chi connectivity index (χ3v) is 3.64. The molecule has 0 spiro atoms. The second-order valence-electron chi connectivity index (χ2n) is 6.19. The summed E-state index contributed by atoms with van der Waals surface area (Å²) in [5, 5.41) is 3.49. The summed E-state index contributed by atoms with van der Waals surface area (Å²) < 4.78 is 0. The highest BCUT2D eigenvalue weighted by Crippen LogP contribution is 2.12. The molecular formula is C18H32N2. The number of nitrogens with zero attached hydrogens (tertiary/aromatic N) is 1. The van der Waals surface area contributed by atoms with Crippen molar-refractivity contribution in [2.24, 2.45) is 5.92 Å². The fraction of sp³-hybridized carbons (Fsp3) is 0.667. The molecule has 20 heavy (non-hydrogen) atoms. The van der Waals surface area contributed by atoms with Crippen LogP contribution in [-0.2, 0) is 13.0 Å². The first-order valence-electron chi connectivity index (χ1n) is 8.09. The van der Waals surface area contributed by atoms with Crippen LogP contribution in [0, 0.1) is 5.92 Å². The van der Waals surface area contributed by atoms with Crippen molar-refractivity contribution in [2.75, 3.05) is 26.7 Å². The quantitative estimate of drug-likeness (QED) is 0.655. The Bertz CT molecular complexity index is 360. The molecule has 0 aromatic heterocycles. The van der Waals surface area contributed by atoms with E-state index in [0.717, 1.165) is 32.0 Å². The molecule has 114 valence electrons. The van der Waals surface area contributed by atoms with Crippen LogP contribution in [0.4, 0.5) is 0 Å². The molecule has 0 unspecified atom stereocenters. The van der Waals surface area contributed by atoms with Gasteiger partial charge >= 0.3 is 0 Å². The topological polar surface area (TPSA) is 15.3 Å². The Morgan fingerprint density at radius 3 is 2.45 bits per heavy atom. The van der Waals surface area contributed by atoms with Crippen molar-refractivity contribution >= 4 is 0 Å². The fourth-order valence-corrected chi connectivity index (χ4v) is 2.33. The van der Waals surface area contributed by atoms with Gasteiger partial charge < -0.3 is 10.2 Å². The van der Waals surface area contributed by atoms with Crippen molar-refractivity contribution in [3.63, 3.8) is 0 Å². The summed E-state index contributed by atoms with van der Waals surface area (Å²) in [5.41, 5.74) is 2.98. The molecule has 0 saturated carbocycles. The van der Waals surface area contributed by atoms with Gasteiger partial charge in [0.25, 0.3) is 0 Å². The summed E-state index contributed by atoms with van der Waals surface area (Å²) >= 11 is 0. The molecule has 0 bridgehead atoms. The molecule has 0 aliphatic rings. The molecule has 2 heteroatoms. The SMILES string of the molecule is CCCNCCc1ccccc1CN(C)CCC(C)C. The summed E-state index contributed by atoms with van der Waals surface area (Å²) in [7, 11) is 2.23. The van der Waals surface area contributed by atoms with E-state index in [2.05, 4.69) is 62.3 Å². The predicted octanol–water partition coefficient (Wildman–Crippen LogP) is 3.71. The van der Waals surface area contributed by atoms with Gasteiger partial charge in [-0.3, -0.25) is 0 Å². The molecule has 1 N–H and O–H groups in total. The van der Waals surface area contributed by atoms with Gasteiger partial charge in [0.2, 0.25) is 0 Å². The fourth-order valence-electron chi connectivity index (χ4n) is 2.33. The highest BCUT2D eigenvalue weighted by atomic mass is 15.1.